The van der Waals surface area contributed by atoms with Gasteiger partial charge in [0, 0.05) is 26.2 Å². The highest BCUT2D eigenvalue weighted by atomic mass is 16.5. The number of ether oxygens (including phenoxy) is 1. The highest BCUT2D eigenvalue weighted by molar-refractivity contribution is 5.73. The number of aliphatic hydroxyl groups is 1. The normalized spacial score (nSPS) is 19.5. The van der Waals surface area contributed by atoms with Crippen molar-refractivity contribution < 1.29 is 9.84 Å². The Morgan fingerprint density at radius 3 is 2.41 bits per heavy atom. The molecule has 1 heterocycles. The van der Waals surface area contributed by atoms with Gasteiger partial charge in [-0.05, 0) is 44.7 Å². The van der Waals surface area contributed by atoms with Gasteiger partial charge in [0.1, 0.15) is 0 Å². The minimum Gasteiger partial charge on any atom is -0.389 e. The maximum Gasteiger partial charge on any atom is 0.0948 e. The summed E-state index contributed by atoms with van der Waals surface area (Å²) in [7, 11) is 0. The van der Waals surface area contributed by atoms with Gasteiger partial charge in [0.05, 0.1) is 30.2 Å². The van der Waals surface area contributed by atoms with Gasteiger partial charge < -0.3 is 19.6 Å². The quantitative estimate of drug-likeness (QED) is 0.839. The molecule has 1 N–H and O–H groups in total. The molecule has 0 aromatic heterocycles. The van der Waals surface area contributed by atoms with E-state index in [1.165, 1.54) is 30.8 Å². The molecule has 1 fully saturated rings. The Hall–Kier alpha value is -1.26. The Labute approximate surface area is 133 Å². The molecule has 4 nitrogen and oxygen atoms in total. The Kier molecular flexibility index (Phi) is 4.89. The van der Waals surface area contributed by atoms with Crippen LogP contribution in [0, 0.1) is 5.92 Å². The number of anilines is 2. The zero-order chi connectivity index (χ0) is 15.5. The fraction of sp³-hybridized carbons (Fsp3) is 0.667. The maximum absolute atomic E-state index is 10.2. The van der Waals surface area contributed by atoms with E-state index in [0.717, 1.165) is 19.0 Å². The Bertz CT molecular complexity index is 488. The van der Waals surface area contributed by atoms with Gasteiger partial charge in [-0.2, -0.15) is 0 Å². The van der Waals surface area contributed by atoms with Gasteiger partial charge in [-0.25, -0.2) is 0 Å². The zero-order valence-electron chi connectivity index (χ0n) is 13.7. The average Bonchev–Trinajstić information content (AvgIpc) is 3.32. The molecule has 3 rings (SSSR count). The number of benzene rings is 1. The van der Waals surface area contributed by atoms with Crippen LogP contribution >= 0.6 is 0 Å². The number of aliphatic hydroxyl groups excluding tert-OH is 1. The highest BCUT2D eigenvalue weighted by Gasteiger charge is 2.29. The summed E-state index contributed by atoms with van der Waals surface area (Å²) >= 11 is 0. The molecule has 0 spiro atoms. The number of fused-ring (bicyclic) bond motifs is 1. The molecule has 2 aliphatic rings. The van der Waals surface area contributed by atoms with E-state index in [-0.39, 0.29) is 6.10 Å². The molecule has 0 radical (unpaired) electrons. The molecule has 122 valence electrons. The van der Waals surface area contributed by atoms with Gasteiger partial charge in [0.15, 0.2) is 0 Å². The van der Waals surface area contributed by atoms with Crippen LogP contribution in [0.3, 0.4) is 0 Å². The van der Waals surface area contributed by atoms with Gasteiger partial charge in [0.2, 0.25) is 0 Å². The third kappa shape index (κ3) is 3.93. The molecule has 1 aromatic rings. The smallest absolute Gasteiger partial charge is 0.0948 e. The van der Waals surface area contributed by atoms with Crippen molar-refractivity contribution in [2.45, 2.75) is 38.9 Å². The summed E-state index contributed by atoms with van der Waals surface area (Å²) in [4.78, 5) is 4.81. The molecule has 4 heteroatoms. The molecular formula is C18H28N2O2. The first-order valence-electron chi connectivity index (χ1n) is 8.52. The van der Waals surface area contributed by atoms with Crippen LogP contribution in [0.4, 0.5) is 11.4 Å². The van der Waals surface area contributed by atoms with Crippen LogP contribution in [0.15, 0.2) is 24.3 Å². The van der Waals surface area contributed by atoms with Crippen LogP contribution in [-0.2, 0) is 4.74 Å². The van der Waals surface area contributed by atoms with Gasteiger partial charge in [-0.3, -0.25) is 0 Å². The SMILES string of the molecule is CC(C)OCC(O)CN1CCN(CC2CC2)c2ccccc21. The lowest BCUT2D eigenvalue weighted by Crippen LogP contribution is -2.45. The molecular weight excluding hydrogens is 276 g/mol. The van der Waals surface area contributed by atoms with Crippen molar-refractivity contribution in [1.29, 1.82) is 0 Å². The number of nitrogens with zero attached hydrogens (tertiary/aromatic N) is 2. The minimum atomic E-state index is -0.439. The lowest BCUT2D eigenvalue weighted by molar-refractivity contribution is 0.00888. The minimum absolute atomic E-state index is 0.164. The lowest BCUT2D eigenvalue weighted by Gasteiger charge is -2.39. The summed E-state index contributed by atoms with van der Waals surface area (Å²) in [6, 6.07) is 8.58. The van der Waals surface area contributed by atoms with E-state index in [0.29, 0.717) is 13.2 Å². The molecule has 1 atom stereocenters. The average molecular weight is 304 g/mol. The largest absolute Gasteiger partial charge is 0.389 e. The van der Waals surface area contributed by atoms with Crippen LogP contribution in [-0.4, -0.2) is 50.1 Å². The first-order valence-corrected chi connectivity index (χ1v) is 8.52. The monoisotopic (exact) mass is 304 g/mol. The van der Waals surface area contributed by atoms with Crippen LogP contribution in [0.1, 0.15) is 26.7 Å². The lowest BCUT2D eigenvalue weighted by atomic mass is 10.1. The molecule has 1 aromatic carbocycles. The van der Waals surface area contributed by atoms with E-state index in [1.807, 2.05) is 13.8 Å². The summed E-state index contributed by atoms with van der Waals surface area (Å²) in [6.07, 6.45) is 2.49. The zero-order valence-corrected chi connectivity index (χ0v) is 13.7. The Morgan fingerprint density at radius 2 is 1.77 bits per heavy atom. The molecule has 1 aliphatic carbocycles. The fourth-order valence-electron chi connectivity index (χ4n) is 3.08. The van der Waals surface area contributed by atoms with Gasteiger partial charge in [-0.15, -0.1) is 0 Å². The topological polar surface area (TPSA) is 35.9 Å². The van der Waals surface area contributed by atoms with Crippen molar-refractivity contribution in [3.63, 3.8) is 0 Å². The summed E-state index contributed by atoms with van der Waals surface area (Å²) in [6.45, 7) is 8.25. The van der Waals surface area contributed by atoms with E-state index in [9.17, 15) is 5.11 Å². The van der Waals surface area contributed by atoms with Gasteiger partial charge in [-0.1, -0.05) is 12.1 Å². The van der Waals surface area contributed by atoms with Gasteiger partial charge >= 0.3 is 0 Å². The van der Waals surface area contributed by atoms with Crippen molar-refractivity contribution in [1.82, 2.24) is 0 Å². The van der Waals surface area contributed by atoms with Crippen LogP contribution in [0.2, 0.25) is 0 Å². The standard InChI is InChI=1S/C18H28N2O2/c1-14(2)22-13-16(21)12-20-10-9-19(11-15-7-8-15)17-5-3-4-6-18(17)20/h3-6,14-16,21H,7-13H2,1-2H3. The van der Waals surface area contributed by atoms with Crippen LogP contribution in [0.25, 0.3) is 0 Å². The Balaban J connectivity index is 1.65. The van der Waals surface area contributed by atoms with E-state index in [2.05, 4.69) is 34.1 Å². The van der Waals surface area contributed by atoms with Crippen LogP contribution in [0.5, 0.6) is 0 Å². The molecule has 1 unspecified atom stereocenters. The second kappa shape index (κ2) is 6.88. The second-order valence-electron chi connectivity index (χ2n) is 6.86. The summed E-state index contributed by atoms with van der Waals surface area (Å²) in [5, 5.41) is 10.2. The summed E-state index contributed by atoms with van der Waals surface area (Å²) < 4.78 is 5.53. The number of hydrogen-bond donors (Lipinski definition) is 1. The van der Waals surface area contributed by atoms with Crippen molar-refractivity contribution >= 4 is 11.4 Å². The van der Waals surface area contributed by atoms with Crippen molar-refractivity contribution in [2.75, 3.05) is 42.6 Å². The van der Waals surface area contributed by atoms with Crippen molar-refractivity contribution in [2.24, 2.45) is 5.92 Å². The molecule has 22 heavy (non-hydrogen) atoms. The Morgan fingerprint density at radius 1 is 1.14 bits per heavy atom. The van der Waals surface area contributed by atoms with E-state index >= 15 is 0 Å². The number of hydrogen-bond acceptors (Lipinski definition) is 4. The summed E-state index contributed by atoms with van der Waals surface area (Å²) in [5.74, 6) is 0.893. The second-order valence-corrected chi connectivity index (χ2v) is 6.86. The van der Waals surface area contributed by atoms with Gasteiger partial charge in [0.25, 0.3) is 0 Å². The molecule has 0 amide bonds. The summed E-state index contributed by atoms with van der Waals surface area (Å²) in [5.41, 5.74) is 2.57. The maximum atomic E-state index is 10.2. The number of rotatable bonds is 7. The van der Waals surface area contributed by atoms with Crippen molar-refractivity contribution in [3.05, 3.63) is 24.3 Å². The number of β-amino-alcohol motifs (C(OH)–C–C–N with tert-alkyl or cyclic N) is 1. The van der Waals surface area contributed by atoms with E-state index < -0.39 is 6.10 Å². The number of para-hydroxylation sites is 2. The highest BCUT2D eigenvalue weighted by Crippen LogP contribution is 2.37. The first kappa shape index (κ1) is 15.6. The fourth-order valence-corrected chi connectivity index (χ4v) is 3.08. The predicted molar refractivity (Wildman–Crippen MR) is 90.7 cm³/mol. The van der Waals surface area contributed by atoms with Crippen molar-refractivity contribution in [3.8, 4) is 0 Å². The third-order valence-corrected chi connectivity index (χ3v) is 4.43. The van der Waals surface area contributed by atoms with Crippen LogP contribution < -0.4 is 9.80 Å². The first-order chi connectivity index (χ1) is 10.6. The molecule has 1 aliphatic heterocycles. The van der Waals surface area contributed by atoms with E-state index in [1.54, 1.807) is 0 Å². The molecule has 0 bridgehead atoms. The molecule has 1 saturated carbocycles. The van der Waals surface area contributed by atoms with E-state index in [4.69, 9.17) is 4.74 Å². The molecule has 0 saturated heterocycles. The third-order valence-electron chi connectivity index (χ3n) is 4.43. The predicted octanol–water partition coefficient (Wildman–Crippen LogP) is 2.51.